The molecule has 2 nitrogen and oxygen atoms in total. The summed E-state index contributed by atoms with van der Waals surface area (Å²) in [5.74, 6) is -0.522. The first kappa shape index (κ1) is 13.4. The zero-order valence-electron chi connectivity index (χ0n) is 10.3. The quantitative estimate of drug-likeness (QED) is 0.897. The molecule has 1 unspecified atom stereocenters. The minimum Gasteiger partial charge on any atom is -0.366 e. The summed E-state index contributed by atoms with van der Waals surface area (Å²) in [5, 5.41) is 12.4. The lowest BCUT2D eigenvalue weighted by Crippen LogP contribution is -2.09. The molecule has 0 aliphatic carbocycles. The van der Waals surface area contributed by atoms with Gasteiger partial charge in [-0.3, -0.25) is 0 Å². The Balaban J connectivity index is 2.28. The van der Waals surface area contributed by atoms with E-state index in [1.165, 1.54) is 12.1 Å². The van der Waals surface area contributed by atoms with Gasteiger partial charge in [0.05, 0.1) is 11.1 Å². The summed E-state index contributed by atoms with van der Waals surface area (Å²) in [6.07, 6.45) is 0. The molecule has 0 amide bonds. The van der Waals surface area contributed by atoms with Crippen LogP contribution < -0.4 is 5.32 Å². The molecule has 0 radical (unpaired) electrons. The molecule has 0 fully saturated rings. The molecule has 2 aromatic rings. The average Bonchev–Trinajstić information content (AvgIpc) is 2.41. The van der Waals surface area contributed by atoms with Crippen molar-refractivity contribution in [1.82, 2.24) is 0 Å². The number of anilines is 1. The fourth-order valence-corrected chi connectivity index (χ4v) is 1.89. The molecule has 2 aromatic carbocycles. The van der Waals surface area contributed by atoms with Crippen LogP contribution in [0, 0.1) is 24.1 Å². The SMILES string of the molecule is Cc1ccccc1NC(C#N)c1ccc(Cl)c(F)c1. The molecule has 0 bridgehead atoms. The zero-order chi connectivity index (χ0) is 13.8. The van der Waals surface area contributed by atoms with Crippen molar-refractivity contribution < 1.29 is 4.39 Å². The third-order valence-electron chi connectivity index (χ3n) is 2.85. The molecule has 19 heavy (non-hydrogen) atoms. The van der Waals surface area contributed by atoms with Crippen LogP contribution in [0.4, 0.5) is 10.1 Å². The number of nitrogens with one attached hydrogen (secondary N) is 1. The van der Waals surface area contributed by atoms with E-state index in [-0.39, 0.29) is 5.02 Å². The van der Waals surface area contributed by atoms with Crippen molar-refractivity contribution in [3.05, 3.63) is 64.4 Å². The Morgan fingerprint density at radius 3 is 2.63 bits per heavy atom. The first-order valence-corrected chi connectivity index (χ1v) is 6.16. The van der Waals surface area contributed by atoms with Crippen molar-refractivity contribution in [2.45, 2.75) is 13.0 Å². The number of hydrogen-bond acceptors (Lipinski definition) is 2. The van der Waals surface area contributed by atoms with E-state index in [1.54, 1.807) is 6.07 Å². The Morgan fingerprint density at radius 2 is 2.00 bits per heavy atom. The largest absolute Gasteiger partial charge is 0.366 e. The Bertz CT molecular complexity index is 634. The Hall–Kier alpha value is -2.05. The van der Waals surface area contributed by atoms with Crippen LogP contribution in [0.1, 0.15) is 17.2 Å². The fraction of sp³-hybridized carbons (Fsp3) is 0.133. The van der Waals surface area contributed by atoms with Gasteiger partial charge in [0.1, 0.15) is 11.9 Å². The number of para-hydroxylation sites is 1. The summed E-state index contributed by atoms with van der Waals surface area (Å²) >= 11 is 5.64. The van der Waals surface area contributed by atoms with Crippen LogP contribution in [-0.4, -0.2) is 0 Å². The fourth-order valence-electron chi connectivity index (χ4n) is 1.77. The molecule has 96 valence electrons. The highest BCUT2D eigenvalue weighted by molar-refractivity contribution is 6.30. The van der Waals surface area contributed by atoms with Crippen molar-refractivity contribution in [3.8, 4) is 6.07 Å². The van der Waals surface area contributed by atoms with Crippen LogP contribution in [-0.2, 0) is 0 Å². The highest BCUT2D eigenvalue weighted by atomic mass is 35.5. The van der Waals surface area contributed by atoms with E-state index in [1.807, 2.05) is 31.2 Å². The minimum absolute atomic E-state index is 0.0522. The maximum absolute atomic E-state index is 13.4. The van der Waals surface area contributed by atoms with Gasteiger partial charge in [-0.1, -0.05) is 35.9 Å². The van der Waals surface area contributed by atoms with Crippen molar-refractivity contribution in [2.75, 3.05) is 5.32 Å². The second-order valence-corrected chi connectivity index (χ2v) is 4.60. The number of halogens is 2. The van der Waals surface area contributed by atoms with Crippen LogP contribution >= 0.6 is 11.6 Å². The predicted octanol–water partition coefficient (Wildman–Crippen LogP) is 4.46. The van der Waals surface area contributed by atoms with Crippen LogP contribution in [0.15, 0.2) is 42.5 Å². The molecular formula is C15H12ClFN2. The standard InChI is InChI=1S/C15H12ClFN2/c1-10-4-2-3-5-14(10)19-15(9-18)11-6-7-12(16)13(17)8-11/h2-8,15,19H,1H3. The lowest BCUT2D eigenvalue weighted by Gasteiger charge is -2.15. The van der Waals surface area contributed by atoms with Crippen molar-refractivity contribution in [2.24, 2.45) is 0 Å². The Kier molecular flexibility index (Phi) is 4.03. The topological polar surface area (TPSA) is 35.8 Å². The second kappa shape index (κ2) is 5.73. The normalized spacial score (nSPS) is 11.7. The molecule has 0 aliphatic heterocycles. The van der Waals surface area contributed by atoms with Crippen molar-refractivity contribution in [3.63, 3.8) is 0 Å². The third-order valence-corrected chi connectivity index (χ3v) is 3.16. The molecule has 0 heterocycles. The van der Waals surface area contributed by atoms with Gasteiger partial charge in [0.2, 0.25) is 0 Å². The van der Waals surface area contributed by atoms with Gasteiger partial charge in [-0.25, -0.2) is 4.39 Å². The number of nitrogens with zero attached hydrogens (tertiary/aromatic N) is 1. The van der Waals surface area contributed by atoms with Gasteiger partial charge in [0.15, 0.2) is 0 Å². The lowest BCUT2D eigenvalue weighted by atomic mass is 10.1. The smallest absolute Gasteiger partial charge is 0.142 e. The number of nitriles is 1. The molecule has 4 heteroatoms. The van der Waals surface area contributed by atoms with E-state index in [0.29, 0.717) is 5.56 Å². The molecule has 0 spiro atoms. The van der Waals surface area contributed by atoms with Crippen LogP contribution in [0.2, 0.25) is 5.02 Å². The summed E-state index contributed by atoms with van der Waals surface area (Å²) in [7, 11) is 0. The number of aryl methyl sites for hydroxylation is 1. The maximum atomic E-state index is 13.4. The van der Waals surface area contributed by atoms with Gasteiger partial charge in [-0.2, -0.15) is 5.26 Å². The van der Waals surface area contributed by atoms with E-state index in [9.17, 15) is 9.65 Å². The Morgan fingerprint density at radius 1 is 1.26 bits per heavy atom. The Labute approximate surface area is 116 Å². The maximum Gasteiger partial charge on any atom is 0.142 e. The first-order valence-electron chi connectivity index (χ1n) is 5.78. The molecule has 0 aromatic heterocycles. The summed E-state index contributed by atoms with van der Waals surface area (Å²) in [6, 6.07) is 13.5. The van der Waals surface area contributed by atoms with Crippen LogP contribution in [0.25, 0.3) is 0 Å². The van der Waals surface area contributed by atoms with Gasteiger partial charge < -0.3 is 5.32 Å². The van der Waals surface area contributed by atoms with E-state index >= 15 is 0 Å². The summed E-state index contributed by atoms with van der Waals surface area (Å²) in [6.45, 7) is 1.94. The molecule has 0 saturated heterocycles. The summed E-state index contributed by atoms with van der Waals surface area (Å²) in [4.78, 5) is 0. The highest BCUT2D eigenvalue weighted by Gasteiger charge is 2.13. The van der Waals surface area contributed by atoms with Crippen molar-refractivity contribution >= 4 is 17.3 Å². The van der Waals surface area contributed by atoms with Crippen LogP contribution in [0.5, 0.6) is 0 Å². The summed E-state index contributed by atoms with van der Waals surface area (Å²) in [5.41, 5.74) is 2.43. The first-order chi connectivity index (χ1) is 9.11. The number of benzene rings is 2. The predicted molar refractivity (Wildman–Crippen MR) is 74.6 cm³/mol. The molecule has 1 atom stereocenters. The van der Waals surface area contributed by atoms with E-state index in [2.05, 4.69) is 11.4 Å². The second-order valence-electron chi connectivity index (χ2n) is 4.19. The van der Waals surface area contributed by atoms with Crippen molar-refractivity contribution in [1.29, 1.82) is 5.26 Å². The highest BCUT2D eigenvalue weighted by Crippen LogP contribution is 2.24. The third kappa shape index (κ3) is 3.04. The van der Waals surface area contributed by atoms with Gasteiger partial charge in [-0.05, 0) is 36.2 Å². The van der Waals surface area contributed by atoms with Gasteiger partial charge in [-0.15, -0.1) is 0 Å². The molecular weight excluding hydrogens is 263 g/mol. The molecule has 1 N–H and O–H groups in total. The van der Waals surface area contributed by atoms with E-state index in [4.69, 9.17) is 11.6 Å². The zero-order valence-corrected chi connectivity index (χ0v) is 11.1. The minimum atomic E-state index is -0.618. The van der Waals surface area contributed by atoms with E-state index in [0.717, 1.165) is 11.3 Å². The van der Waals surface area contributed by atoms with Gasteiger partial charge in [0.25, 0.3) is 0 Å². The van der Waals surface area contributed by atoms with Crippen LogP contribution in [0.3, 0.4) is 0 Å². The number of rotatable bonds is 3. The molecule has 0 aliphatic rings. The average molecular weight is 275 g/mol. The summed E-state index contributed by atoms with van der Waals surface area (Å²) < 4.78 is 13.4. The molecule has 0 saturated carbocycles. The lowest BCUT2D eigenvalue weighted by molar-refractivity contribution is 0.625. The monoisotopic (exact) mass is 274 g/mol. The molecule has 2 rings (SSSR count). The van der Waals surface area contributed by atoms with E-state index < -0.39 is 11.9 Å². The van der Waals surface area contributed by atoms with Gasteiger partial charge in [0, 0.05) is 5.69 Å². The van der Waals surface area contributed by atoms with Gasteiger partial charge >= 0.3 is 0 Å². The number of hydrogen-bond donors (Lipinski definition) is 1.